The van der Waals surface area contributed by atoms with Crippen molar-refractivity contribution in [3.63, 3.8) is 0 Å². The van der Waals surface area contributed by atoms with Gasteiger partial charge < -0.3 is 0 Å². The Labute approximate surface area is 217 Å². The fraction of sp³-hybridized carbons (Fsp3) is 0.676. The van der Waals surface area contributed by atoms with E-state index in [9.17, 15) is 0 Å². The molecule has 1 heteroatoms. The van der Waals surface area contributed by atoms with E-state index in [-0.39, 0.29) is 0 Å². The van der Waals surface area contributed by atoms with Gasteiger partial charge in [-0.3, -0.25) is 4.98 Å². The number of benzene rings is 1. The maximum atomic E-state index is 4.79. The van der Waals surface area contributed by atoms with Crippen molar-refractivity contribution in [3.05, 3.63) is 53.7 Å². The van der Waals surface area contributed by atoms with Crippen LogP contribution in [0, 0.1) is 5.92 Å². The molecule has 0 N–H and O–H groups in total. The molecule has 0 amide bonds. The van der Waals surface area contributed by atoms with Crippen LogP contribution < -0.4 is 0 Å². The molecule has 1 heterocycles. The van der Waals surface area contributed by atoms with E-state index >= 15 is 0 Å². The maximum absolute atomic E-state index is 4.79. The molecule has 0 atom stereocenters. The van der Waals surface area contributed by atoms with Gasteiger partial charge in [0.1, 0.15) is 0 Å². The third-order valence-electron chi connectivity index (χ3n) is 8.38. The lowest BCUT2D eigenvalue weighted by Crippen LogP contribution is -2.13. The highest BCUT2D eigenvalue weighted by Gasteiger charge is 2.22. The molecule has 1 aliphatic carbocycles. The molecule has 194 valence electrons. The topological polar surface area (TPSA) is 12.9 Å². The molecule has 0 radical (unpaired) electrons. The third kappa shape index (κ3) is 10.5. The lowest BCUT2D eigenvalue weighted by molar-refractivity contribution is 0.302. The molecule has 1 nitrogen and oxygen atoms in total. The van der Waals surface area contributed by atoms with Gasteiger partial charge in [-0.05, 0) is 67.6 Å². The highest BCUT2D eigenvalue weighted by molar-refractivity contribution is 5.59. The van der Waals surface area contributed by atoms with Gasteiger partial charge in [-0.1, -0.05) is 128 Å². The van der Waals surface area contributed by atoms with Gasteiger partial charge in [-0.25, -0.2) is 0 Å². The molecule has 0 bridgehead atoms. The Morgan fingerprint density at radius 3 is 1.83 bits per heavy atom. The first-order valence-corrected chi connectivity index (χ1v) is 15.4. The molecule has 1 aromatic carbocycles. The fourth-order valence-corrected chi connectivity index (χ4v) is 5.95. The van der Waals surface area contributed by atoms with E-state index in [1.165, 1.54) is 133 Å². The van der Waals surface area contributed by atoms with Crippen LogP contribution in [0.2, 0.25) is 0 Å². The van der Waals surface area contributed by atoms with Gasteiger partial charge in [0.25, 0.3) is 0 Å². The van der Waals surface area contributed by atoms with E-state index in [1.54, 1.807) is 5.56 Å². The summed E-state index contributed by atoms with van der Waals surface area (Å²) in [6.07, 6.45) is 28.6. The summed E-state index contributed by atoms with van der Waals surface area (Å²) in [7, 11) is 0. The molecular weight excluding hydrogens is 422 g/mol. The monoisotopic (exact) mass is 475 g/mol. The zero-order valence-corrected chi connectivity index (χ0v) is 23.1. The van der Waals surface area contributed by atoms with Crippen molar-refractivity contribution >= 4 is 0 Å². The van der Waals surface area contributed by atoms with Crippen LogP contribution in [-0.2, 0) is 6.42 Å². The zero-order chi connectivity index (χ0) is 24.6. The number of hydrogen-bond donors (Lipinski definition) is 0. The van der Waals surface area contributed by atoms with Gasteiger partial charge in [0, 0.05) is 11.8 Å². The predicted molar refractivity (Wildman–Crippen MR) is 154 cm³/mol. The normalized spacial score (nSPS) is 18.1. The summed E-state index contributed by atoms with van der Waals surface area (Å²) in [5, 5.41) is 0. The minimum absolute atomic E-state index is 0.766. The summed E-state index contributed by atoms with van der Waals surface area (Å²) in [5.74, 6) is 1.75. The quantitative estimate of drug-likeness (QED) is 0.207. The Morgan fingerprint density at radius 1 is 0.629 bits per heavy atom. The molecule has 1 aliphatic rings. The Kier molecular flexibility index (Phi) is 13.5. The molecule has 0 aliphatic heterocycles. The van der Waals surface area contributed by atoms with Crippen molar-refractivity contribution in [3.8, 4) is 11.3 Å². The summed E-state index contributed by atoms with van der Waals surface area (Å²) >= 11 is 0. The maximum Gasteiger partial charge on any atom is 0.0702 e. The van der Waals surface area contributed by atoms with Crippen molar-refractivity contribution < 1.29 is 0 Å². The first-order chi connectivity index (χ1) is 17.3. The lowest BCUT2D eigenvalue weighted by atomic mass is 9.77. The molecule has 0 spiro atoms. The summed E-state index contributed by atoms with van der Waals surface area (Å²) in [6, 6.07) is 13.9. The van der Waals surface area contributed by atoms with Crippen molar-refractivity contribution in [1.82, 2.24) is 4.98 Å². The molecule has 1 aromatic heterocycles. The average Bonchev–Trinajstić information content (AvgIpc) is 2.91. The number of rotatable bonds is 17. The van der Waals surface area contributed by atoms with Crippen molar-refractivity contribution in [2.24, 2.45) is 5.92 Å². The van der Waals surface area contributed by atoms with Gasteiger partial charge in [-0.2, -0.15) is 0 Å². The second-order valence-electron chi connectivity index (χ2n) is 11.3. The molecular formula is C34H53N. The van der Waals surface area contributed by atoms with E-state index in [0.29, 0.717) is 0 Å². The Hall–Kier alpha value is -1.63. The molecule has 35 heavy (non-hydrogen) atoms. The average molecular weight is 476 g/mol. The number of nitrogens with zero attached hydrogens (tertiary/aromatic N) is 1. The number of aromatic nitrogens is 1. The second-order valence-corrected chi connectivity index (χ2v) is 11.3. The molecule has 2 aromatic rings. The summed E-state index contributed by atoms with van der Waals surface area (Å²) in [5.41, 5.74) is 5.30. The number of hydrogen-bond acceptors (Lipinski definition) is 1. The minimum Gasteiger partial charge on any atom is -0.256 e. The van der Waals surface area contributed by atoms with Crippen LogP contribution in [0.3, 0.4) is 0 Å². The van der Waals surface area contributed by atoms with E-state index in [0.717, 1.165) is 17.5 Å². The largest absolute Gasteiger partial charge is 0.256 e. The van der Waals surface area contributed by atoms with Crippen molar-refractivity contribution in [2.75, 3.05) is 0 Å². The van der Waals surface area contributed by atoms with Crippen LogP contribution in [0.15, 0.2) is 42.6 Å². The number of aryl methyl sites for hydroxylation is 1. The van der Waals surface area contributed by atoms with Crippen LogP contribution in [0.5, 0.6) is 0 Å². The molecule has 0 saturated heterocycles. The first kappa shape index (κ1) is 27.9. The fourth-order valence-electron chi connectivity index (χ4n) is 5.95. The smallest absolute Gasteiger partial charge is 0.0702 e. The van der Waals surface area contributed by atoms with Crippen LogP contribution in [0.1, 0.15) is 146 Å². The van der Waals surface area contributed by atoms with E-state index in [4.69, 9.17) is 4.98 Å². The highest BCUT2D eigenvalue weighted by atomic mass is 14.7. The number of unbranched alkanes of at least 4 members (excludes halogenated alkanes) is 11. The van der Waals surface area contributed by atoms with Gasteiger partial charge in [0.05, 0.1) is 5.69 Å². The van der Waals surface area contributed by atoms with Crippen LogP contribution in [-0.4, -0.2) is 4.98 Å². The Morgan fingerprint density at radius 2 is 1.23 bits per heavy atom. The van der Waals surface area contributed by atoms with Crippen molar-refractivity contribution in [1.29, 1.82) is 0 Å². The summed E-state index contributed by atoms with van der Waals surface area (Å²) in [4.78, 5) is 4.79. The second kappa shape index (κ2) is 16.9. The Bertz CT molecular complexity index is 767. The Balaban J connectivity index is 1.35. The zero-order valence-electron chi connectivity index (χ0n) is 23.1. The van der Waals surface area contributed by atoms with Crippen molar-refractivity contribution in [2.45, 2.75) is 142 Å². The van der Waals surface area contributed by atoms with Crippen LogP contribution >= 0.6 is 0 Å². The van der Waals surface area contributed by atoms with E-state index in [1.807, 2.05) is 0 Å². The molecule has 1 saturated carbocycles. The summed E-state index contributed by atoms with van der Waals surface area (Å²) < 4.78 is 0. The van der Waals surface area contributed by atoms with Gasteiger partial charge >= 0.3 is 0 Å². The highest BCUT2D eigenvalue weighted by Crippen LogP contribution is 2.38. The SMILES string of the molecule is CCCCCCCCCC1CCC(c2ccc(-c3ccc(CCCCCCCC)cn3)cc2)CC1. The standard InChI is InChI=1S/C34H53N/c1-3-5-7-9-11-13-14-16-29-18-21-31(22-19-29)32-23-25-33(26-24-32)34-27-20-30(28-35-34)17-15-12-10-8-6-4-2/h20,23-29,31H,3-19,21-22H2,1-2H3. The lowest BCUT2D eigenvalue weighted by Gasteiger charge is -2.29. The minimum atomic E-state index is 0.766. The third-order valence-corrected chi connectivity index (χ3v) is 8.38. The molecule has 3 rings (SSSR count). The number of pyridine rings is 1. The predicted octanol–water partition coefficient (Wildman–Crippen LogP) is 11.1. The van der Waals surface area contributed by atoms with Crippen LogP contribution in [0.4, 0.5) is 0 Å². The van der Waals surface area contributed by atoms with E-state index in [2.05, 4.69) is 56.4 Å². The van der Waals surface area contributed by atoms with Gasteiger partial charge in [-0.15, -0.1) is 0 Å². The molecule has 1 fully saturated rings. The first-order valence-electron chi connectivity index (χ1n) is 15.4. The van der Waals surface area contributed by atoms with Gasteiger partial charge in [0.15, 0.2) is 0 Å². The van der Waals surface area contributed by atoms with Gasteiger partial charge in [0.2, 0.25) is 0 Å². The van der Waals surface area contributed by atoms with E-state index < -0.39 is 0 Å². The summed E-state index contributed by atoms with van der Waals surface area (Å²) in [6.45, 7) is 4.59. The van der Waals surface area contributed by atoms with Crippen LogP contribution in [0.25, 0.3) is 11.3 Å². The molecule has 0 unspecified atom stereocenters.